The van der Waals surface area contributed by atoms with Gasteiger partial charge in [-0.1, -0.05) is 188 Å². The van der Waals surface area contributed by atoms with E-state index in [0.29, 0.717) is 0 Å². The molecule has 0 N–H and O–H groups in total. The van der Waals surface area contributed by atoms with Crippen molar-refractivity contribution in [2.24, 2.45) is 0 Å². The minimum atomic E-state index is 1.12. The summed E-state index contributed by atoms with van der Waals surface area (Å²) in [4.78, 5) is 0. The van der Waals surface area contributed by atoms with Crippen molar-refractivity contribution in [2.45, 2.75) is 0 Å². The molecule has 13 rings (SSSR count). The molecule has 0 bridgehead atoms. The van der Waals surface area contributed by atoms with Crippen LogP contribution in [-0.4, -0.2) is 4.57 Å². The highest BCUT2D eigenvalue weighted by atomic mass is 15.0. The first-order valence-electron chi connectivity index (χ1n) is 21.8. The Kier molecular flexibility index (Phi) is 7.98. The summed E-state index contributed by atoms with van der Waals surface area (Å²) in [6.45, 7) is 0. The van der Waals surface area contributed by atoms with Crippen LogP contribution in [0.1, 0.15) is 0 Å². The third kappa shape index (κ3) is 5.71. The van der Waals surface area contributed by atoms with Crippen molar-refractivity contribution in [1.29, 1.82) is 0 Å². The normalized spacial score (nSPS) is 11.8. The van der Waals surface area contributed by atoms with Gasteiger partial charge in [-0.2, -0.15) is 0 Å². The zero-order valence-electron chi connectivity index (χ0n) is 34.5. The van der Waals surface area contributed by atoms with E-state index in [9.17, 15) is 0 Å². The van der Waals surface area contributed by atoms with Crippen LogP contribution in [0.15, 0.2) is 237 Å². The van der Waals surface area contributed by atoms with E-state index in [-0.39, 0.29) is 0 Å². The molecular weight excluding hydrogens is 759 g/mol. The van der Waals surface area contributed by atoms with E-state index in [1.54, 1.807) is 0 Å². The van der Waals surface area contributed by atoms with Gasteiger partial charge in [-0.3, -0.25) is 0 Å². The lowest BCUT2D eigenvalue weighted by Gasteiger charge is -2.17. The molecule has 0 saturated heterocycles. The second kappa shape index (κ2) is 14.2. The maximum atomic E-state index is 2.44. The van der Waals surface area contributed by atoms with Crippen LogP contribution < -0.4 is 0 Å². The third-order valence-corrected chi connectivity index (χ3v) is 13.3. The fraction of sp³-hybridized carbons (Fsp3) is 0. The van der Waals surface area contributed by atoms with Gasteiger partial charge >= 0.3 is 0 Å². The summed E-state index contributed by atoms with van der Waals surface area (Å²) in [6, 6.07) is 85.3. The molecule has 1 nitrogen and oxygen atoms in total. The van der Waals surface area contributed by atoms with E-state index in [1.807, 2.05) is 0 Å². The number of nitrogens with zero attached hydrogens (tertiary/aromatic N) is 1. The van der Waals surface area contributed by atoms with Crippen molar-refractivity contribution in [1.82, 2.24) is 4.57 Å². The van der Waals surface area contributed by atoms with Crippen LogP contribution >= 0.6 is 0 Å². The average Bonchev–Trinajstić information content (AvgIpc) is 3.74. The second-order valence-corrected chi connectivity index (χ2v) is 16.8. The highest BCUT2D eigenvalue weighted by Gasteiger charge is 2.19. The number of aromatic nitrogens is 1. The lowest BCUT2D eigenvalue weighted by atomic mass is 9.89. The van der Waals surface area contributed by atoms with Crippen molar-refractivity contribution in [3.8, 4) is 50.2 Å². The third-order valence-electron chi connectivity index (χ3n) is 13.3. The van der Waals surface area contributed by atoms with E-state index in [2.05, 4.69) is 241 Å². The molecule has 0 amide bonds. The van der Waals surface area contributed by atoms with Gasteiger partial charge < -0.3 is 4.57 Å². The molecule has 63 heavy (non-hydrogen) atoms. The molecule has 12 aromatic carbocycles. The Morgan fingerprint density at radius 1 is 0.222 bits per heavy atom. The van der Waals surface area contributed by atoms with Crippen LogP contribution in [0, 0.1) is 0 Å². The molecule has 0 spiro atoms. The smallest absolute Gasteiger partial charge is 0.0535 e. The van der Waals surface area contributed by atoms with Gasteiger partial charge in [0.25, 0.3) is 0 Å². The summed E-state index contributed by atoms with van der Waals surface area (Å²) in [5.74, 6) is 0. The first-order chi connectivity index (χ1) is 31.2. The molecule has 0 atom stereocenters. The molecule has 0 aliphatic carbocycles. The van der Waals surface area contributed by atoms with Crippen LogP contribution in [-0.2, 0) is 0 Å². The molecule has 0 saturated carbocycles. The van der Waals surface area contributed by atoms with Gasteiger partial charge in [-0.15, -0.1) is 0 Å². The molecule has 0 aliphatic rings. The largest absolute Gasteiger partial charge is 0.316 e. The van der Waals surface area contributed by atoms with Crippen molar-refractivity contribution in [2.75, 3.05) is 0 Å². The number of hydrogen-bond donors (Lipinski definition) is 0. The minimum Gasteiger partial charge on any atom is -0.316 e. The quantitative estimate of drug-likeness (QED) is 0.153. The number of hydrogen-bond acceptors (Lipinski definition) is 0. The van der Waals surface area contributed by atoms with Crippen LogP contribution in [0.25, 0.3) is 126 Å². The van der Waals surface area contributed by atoms with Crippen molar-refractivity contribution < 1.29 is 0 Å². The SMILES string of the molecule is c1ccc2c(-c3ccc4c(c3)c(-c3cccc5ccccc35)cn4-c3cc(-c4cc5ccccc5c5ccccc45)cc(-c4cc5ccccc5c5ccccc45)c3)cccc2c1. The van der Waals surface area contributed by atoms with Gasteiger partial charge in [0.2, 0.25) is 0 Å². The lowest BCUT2D eigenvalue weighted by molar-refractivity contribution is 1.13. The van der Waals surface area contributed by atoms with E-state index in [1.165, 1.54) is 115 Å². The van der Waals surface area contributed by atoms with Gasteiger partial charge in [0, 0.05) is 22.8 Å². The number of rotatable bonds is 5. The molecular formula is C62H39N. The Hall–Kier alpha value is -8.26. The summed E-state index contributed by atoms with van der Waals surface area (Å²) in [7, 11) is 0. The summed E-state index contributed by atoms with van der Waals surface area (Å²) >= 11 is 0. The Morgan fingerprint density at radius 3 is 1.24 bits per heavy atom. The van der Waals surface area contributed by atoms with E-state index in [0.717, 1.165) is 11.2 Å². The molecule has 0 unspecified atom stereocenters. The van der Waals surface area contributed by atoms with Crippen molar-refractivity contribution in [3.63, 3.8) is 0 Å². The number of fused-ring (bicyclic) bond motifs is 9. The molecule has 0 aliphatic heterocycles. The Morgan fingerprint density at radius 2 is 0.667 bits per heavy atom. The minimum absolute atomic E-state index is 1.12. The average molecular weight is 798 g/mol. The van der Waals surface area contributed by atoms with Crippen molar-refractivity contribution in [3.05, 3.63) is 237 Å². The van der Waals surface area contributed by atoms with Crippen LogP contribution in [0.4, 0.5) is 0 Å². The van der Waals surface area contributed by atoms with E-state index < -0.39 is 0 Å². The van der Waals surface area contributed by atoms with Gasteiger partial charge in [-0.25, -0.2) is 0 Å². The summed E-state index contributed by atoms with van der Waals surface area (Å²) in [6.07, 6.45) is 2.39. The number of benzene rings is 12. The fourth-order valence-corrected chi connectivity index (χ4v) is 10.4. The first-order valence-corrected chi connectivity index (χ1v) is 21.8. The van der Waals surface area contributed by atoms with Crippen LogP contribution in [0.5, 0.6) is 0 Å². The fourth-order valence-electron chi connectivity index (χ4n) is 10.4. The predicted octanol–water partition coefficient (Wildman–Crippen LogP) is 17.2. The highest BCUT2D eigenvalue weighted by Crippen LogP contribution is 2.44. The molecule has 1 heteroatoms. The lowest BCUT2D eigenvalue weighted by Crippen LogP contribution is -1.96. The molecule has 1 aromatic heterocycles. The summed E-state index contributed by atoms with van der Waals surface area (Å²) in [5, 5.41) is 16.2. The van der Waals surface area contributed by atoms with Crippen molar-refractivity contribution >= 4 is 75.5 Å². The van der Waals surface area contributed by atoms with Crippen LogP contribution in [0.2, 0.25) is 0 Å². The summed E-state index contributed by atoms with van der Waals surface area (Å²) in [5.41, 5.74) is 12.0. The van der Waals surface area contributed by atoms with Crippen LogP contribution in [0.3, 0.4) is 0 Å². The topological polar surface area (TPSA) is 4.93 Å². The zero-order chi connectivity index (χ0) is 41.4. The molecule has 0 radical (unpaired) electrons. The van der Waals surface area contributed by atoms with E-state index >= 15 is 0 Å². The van der Waals surface area contributed by atoms with Gasteiger partial charge in [0.1, 0.15) is 0 Å². The zero-order valence-corrected chi connectivity index (χ0v) is 34.5. The molecule has 13 aromatic rings. The predicted molar refractivity (Wildman–Crippen MR) is 270 cm³/mol. The Balaban J connectivity index is 1.13. The maximum Gasteiger partial charge on any atom is 0.0535 e. The maximum absolute atomic E-state index is 2.44. The molecule has 0 fully saturated rings. The Labute approximate surface area is 365 Å². The highest BCUT2D eigenvalue weighted by molar-refractivity contribution is 6.16. The standard InChI is InChI=1S/C62H39N/c1-5-21-48-40(15-1)19-13-29-50(48)44-31-32-62-60(38-44)61(55-30-14-20-41-16-2-6-22-49(41)55)39-63(62)47-34-45(58-36-42-17-3-7-23-51(42)53-25-9-11-27-56(53)58)33-46(35-47)59-37-43-18-4-8-24-52(43)54-26-10-12-28-57(54)59/h1-39H. The monoisotopic (exact) mass is 797 g/mol. The first kappa shape index (κ1) is 35.5. The molecule has 1 heterocycles. The summed E-state index contributed by atoms with van der Waals surface area (Å²) < 4.78 is 2.44. The van der Waals surface area contributed by atoms with E-state index in [4.69, 9.17) is 0 Å². The van der Waals surface area contributed by atoms with Gasteiger partial charge in [-0.05, 0) is 146 Å². The van der Waals surface area contributed by atoms with Gasteiger partial charge in [0.05, 0.1) is 5.52 Å². The second-order valence-electron chi connectivity index (χ2n) is 16.8. The van der Waals surface area contributed by atoms with Gasteiger partial charge in [0.15, 0.2) is 0 Å². The molecule has 292 valence electrons. The Bertz CT molecular complexity index is 3830.